The second-order valence-corrected chi connectivity index (χ2v) is 7.32. The van der Waals surface area contributed by atoms with Crippen molar-refractivity contribution >= 4 is 50.6 Å². The fourth-order valence-corrected chi connectivity index (χ4v) is 3.25. The molecule has 2 aromatic carbocycles. The summed E-state index contributed by atoms with van der Waals surface area (Å²) in [4.78, 5) is 27.0. The van der Waals surface area contributed by atoms with Gasteiger partial charge in [0.05, 0.1) is 5.57 Å². The highest BCUT2D eigenvalue weighted by molar-refractivity contribution is 9.10. The Bertz CT molecular complexity index is 875. The number of carbonyl (C=O) groups excluding carboxylic acids is 2. The van der Waals surface area contributed by atoms with Gasteiger partial charge in [-0.1, -0.05) is 45.7 Å². The predicted octanol–water partition coefficient (Wildman–Crippen LogP) is 4.70. The van der Waals surface area contributed by atoms with Crippen LogP contribution < -0.4 is 5.32 Å². The third-order valence-corrected chi connectivity index (χ3v) is 4.60. The summed E-state index contributed by atoms with van der Waals surface area (Å²) in [6, 6.07) is 14.1. The van der Waals surface area contributed by atoms with E-state index in [1.54, 1.807) is 24.3 Å². The predicted molar refractivity (Wildman–Crippen MR) is 103 cm³/mol. The van der Waals surface area contributed by atoms with E-state index in [0.29, 0.717) is 16.2 Å². The molecule has 1 aliphatic rings. The van der Waals surface area contributed by atoms with E-state index < -0.39 is 0 Å². The summed E-state index contributed by atoms with van der Waals surface area (Å²) in [5.74, 6) is -0.634. The van der Waals surface area contributed by atoms with Crippen molar-refractivity contribution in [3.63, 3.8) is 0 Å². The Morgan fingerprint density at radius 1 is 1.04 bits per heavy atom. The molecule has 1 aliphatic heterocycles. The molecule has 0 spiro atoms. The zero-order valence-electron chi connectivity index (χ0n) is 13.7. The first-order valence-electron chi connectivity index (χ1n) is 7.79. The number of halogens is 2. The Morgan fingerprint density at radius 3 is 2.32 bits per heavy atom. The average Bonchev–Trinajstić information content (AvgIpc) is 2.79. The number of anilines is 1. The number of benzene rings is 2. The van der Waals surface area contributed by atoms with E-state index in [9.17, 15) is 9.59 Å². The SMILES string of the molecule is CC(C)N1C(=O)C(Nc2cccc(Br)c2)=C(c2ccc(Cl)cc2)C1=O. The molecule has 2 amide bonds. The monoisotopic (exact) mass is 418 g/mol. The number of hydrogen-bond acceptors (Lipinski definition) is 3. The lowest BCUT2D eigenvalue weighted by atomic mass is 10.0. The number of amides is 2. The largest absolute Gasteiger partial charge is 0.350 e. The third kappa shape index (κ3) is 3.48. The molecule has 4 nitrogen and oxygen atoms in total. The van der Waals surface area contributed by atoms with Gasteiger partial charge in [-0.2, -0.15) is 0 Å². The molecule has 6 heteroatoms. The Kier molecular flexibility index (Phi) is 4.97. The van der Waals surface area contributed by atoms with Crippen molar-refractivity contribution in [1.82, 2.24) is 4.90 Å². The van der Waals surface area contributed by atoms with Crippen molar-refractivity contribution in [2.24, 2.45) is 0 Å². The van der Waals surface area contributed by atoms with Crippen LogP contribution >= 0.6 is 27.5 Å². The number of carbonyl (C=O) groups is 2. The van der Waals surface area contributed by atoms with Crippen LogP contribution in [-0.2, 0) is 9.59 Å². The molecule has 0 atom stereocenters. The molecule has 3 rings (SSSR count). The average molecular weight is 420 g/mol. The van der Waals surface area contributed by atoms with Crippen LogP contribution in [0.2, 0.25) is 5.02 Å². The molecule has 1 N–H and O–H groups in total. The molecular weight excluding hydrogens is 404 g/mol. The zero-order valence-corrected chi connectivity index (χ0v) is 16.1. The quantitative estimate of drug-likeness (QED) is 0.731. The molecule has 0 saturated heterocycles. The molecule has 0 unspecified atom stereocenters. The van der Waals surface area contributed by atoms with Crippen molar-refractivity contribution < 1.29 is 9.59 Å². The van der Waals surface area contributed by atoms with Crippen molar-refractivity contribution in [3.05, 3.63) is 69.3 Å². The van der Waals surface area contributed by atoms with Crippen molar-refractivity contribution in [3.8, 4) is 0 Å². The smallest absolute Gasteiger partial charge is 0.278 e. The van der Waals surface area contributed by atoms with Gasteiger partial charge < -0.3 is 5.32 Å². The highest BCUT2D eigenvalue weighted by Gasteiger charge is 2.40. The van der Waals surface area contributed by atoms with Crippen LogP contribution in [-0.4, -0.2) is 22.8 Å². The molecule has 0 aliphatic carbocycles. The first-order chi connectivity index (χ1) is 11.9. The van der Waals surface area contributed by atoms with E-state index >= 15 is 0 Å². The van der Waals surface area contributed by atoms with Gasteiger partial charge in [-0.3, -0.25) is 14.5 Å². The van der Waals surface area contributed by atoms with E-state index in [4.69, 9.17) is 11.6 Å². The maximum atomic E-state index is 12.9. The van der Waals surface area contributed by atoms with E-state index in [0.717, 1.165) is 10.2 Å². The summed E-state index contributed by atoms with van der Waals surface area (Å²) in [5, 5.41) is 3.69. The highest BCUT2D eigenvalue weighted by Crippen LogP contribution is 2.32. The molecule has 1 heterocycles. The minimum Gasteiger partial charge on any atom is -0.350 e. The highest BCUT2D eigenvalue weighted by atomic mass is 79.9. The van der Waals surface area contributed by atoms with E-state index in [1.807, 2.05) is 38.1 Å². The van der Waals surface area contributed by atoms with Gasteiger partial charge in [0.2, 0.25) is 0 Å². The van der Waals surface area contributed by atoms with Gasteiger partial charge in [0.1, 0.15) is 5.70 Å². The second kappa shape index (κ2) is 7.02. The third-order valence-electron chi connectivity index (χ3n) is 3.86. The van der Waals surface area contributed by atoms with Crippen LogP contribution in [0.5, 0.6) is 0 Å². The van der Waals surface area contributed by atoms with Crippen molar-refractivity contribution in [2.45, 2.75) is 19.9 Å². The Balaban J connectivity index is 2.10. The van der Waals surface area contributed by atoms with Gasteiger partial charge in [-0.15, -0.1) is 0 Å². The van der Waals surface area contributed by atoms with Crippen molar-refractivity contribution in [2.75, 3.05) is 5.32 Å². The first-order valence-corrected chi connectivity index (χ1v) is 8.96. The number of rotatable bonds is 4. The van der Waals surface area contributed by atoms with Crippen LogP contribution in [0.25, 0.3) is 5.57 Å². The molecule has 0 radical (unpaired) electrons. The van der Waals surface area contributed by atoms with Gasteiger partial charge in [-0.25, -0.2) is 0 Å². The molecule has 0 aromatic heterocycles. The number of nitrogens with zero attached hydrogens (tertiary/aromatic N) is 1. The fourth-order valence-electron chi connectivity index (χ4n) is 2.73. The maximum absolute atomic E-state index is 12.9. The lowest BCUT2D eigenvalue weighted by molar-refractivity contribution is -0.138. The van der Waals surface area contributed by atoms with Crippen LogP contribution in [0.3, 0.4) is 0 Å². The van der Waals surface area contributed by atoms with Crippen molar-refractivity contribution in [1.29, 1.82) is 0 Å². The van der Waals surface area contributed by atoms with Gasteiger partial charge in [-0.05, 0) is 49.7 Å². The van der Waals surface area contributed by atoms with Crippen LogP contribution in [0, 0.1) is 0 Å². The van der Waals surface area contributed by atoms with E-state index in [-0.39, 0.29) is 23.6 Å². The minimum absolute atomic E-state index is 0.232. The van der Waals surface area contributed by atoms with Gasteiger partial charge >= 0.3 is 0 Å². The molecule has 128 valence electrons. The second-order valence-electron chi connectivity index (χ2n) is 5.97. The Hall–Kier alpha value is -2.11. The summed E-state index contributed by atoms with van der Waals surface area (Å²) >= 11 is 9.36. The summed E-state index contributed by atoms with van der Waals surface area (Å²) in [5.41, 5.74) is 2.01. The molecule has 0 fully saturated rings. The zero-order chi connectivity index (χ0) is 18.1. The first kappa shape index (κ1) is 17.7. The Labute approximate surface area is 159 Å². The van der Waals surface area contributed by atoms with Gasteiger partial charge in [0.25, 0.3) is 11.8 Å². The topological polar surface area (TPSA) is 49.4 Å². The standard InChI is InChI=1S/C19H16BrClN2O2/c1-11(2)23-18(24)16(12-6-8-14(21)9-7-12)17(19(23)25)22-15-5-3-4-13(20)10-15/h3-11,22H,1-2H3. The summed E-state index contributed by atoms with van der Waals surface area (Å²) in [6.45, 7) is 3.63. The van der Waals surface area contributed by atoms with Gasteiger partial charge in [0.15, 0.2) is 0 Å². The van der Waals surface area contributed by atoms with Crippen LogP contribution in [0.1, 0.15) is 19.4 Å². The normalized spacial score (nSPS) is 14.7. The lowest BCUT2D eigenvalue weighted by Crippen LogP contribution is -2.38. The minimum atomic E-state index is -0.329. The number of imide groups is 1. The fraction of sp³-hybridized carbons (Fsp3) is 0.158. The summed E-state index contributed by atoms with van der Waals surface area (Å²) in [6.07, 6.45) is 0. The summed E-state index contributed by atoms with van der Waals surface area (Å²) in [7, 11) is 0. The molecular formula is C19H16BrClN2O2. The lowest BCUT2D eigenvalue weighted by Gasteiger charge is -2.19. The Morgan fingerprint density at radius 2 is 1.72 bits per heavy atom. The maximum Gasteiger partial charge on any atom is 0.278 e. The molecule has 0 saturated carbocycles. The number of hydrogen-bond donors (Lipinski definition) is 1. The van der Waals surface area contributed by atoms with Crippen LogP contribution in [0.15, 0.2) is 58.7 Å². The van der Waals surface area contributed by atoms with Gasteiger partial charge in [0, 0.05) is 21.2 Å². The number of nitrogens with one attached hydrogen (secondary N) is 1. The van der Waals surface area contributed by atoms with E-state index in [2.05, 4.69) is 21.2 Å². The van der Waals surface area contributed by atoms with E-state index in [1.165, 1.54) is 4.90 Å². The summed E-state index contributed by atoms with van der Waals surface area (Å²) < 4.78 is 0.878. The molecule has 2 aromatic rings. The molecule has 25 heavy (non-hydrogen) atoms. The molecule has 0 bridgehead atoms. The van der Waals surface area contributed by atoms with Crippen LogP contribution in [0.4, 0.5) is 5.69 Å².